The van der Waals surface area contributed by atoms with E-state index in [0.29, 0.717) is 6.42 Å². The Labute approximate surface area is 130 Å². The zero-order chi connectivity index (χ0) is 15.4. The number of amides is 1. The molecule has 0 spiro atoms. The van der Waals surface area contributed by atoms with Crippen molar-refractivity contribution in [3.8, 4) is 9.88 Å². The molecule has 2 heterocycles. The molecule has 2 atom stereocenters. The summed E-state index contributed by atoms with van der Waals surface area (Å²) in [7, 11) is 0. The Morgan fingerprint density at radius 2 is 2.19 bits per heavy atom. The van der Waals surface area contributed by atoms with E-state index in [9.17, 15) is 14.7 Å². The van der Waals surface area contributed by atoms with E-state index in [0.717, 1.165) is 9.88 Å². The van der Waals surface area contributed by atoms with E-state index in [1.807, 2.05) is 24.4 Å². The molecule has 0 radical (unpaired) electrons. The topological polar surface area (TPSA) is 79.3 Å². The van der Waals surface area contributed by atoms with Crippen molar-refractivity contribution in [1.29, 1.82) is 0 Å². The van der Waals surface area contributed by atoms with Gasteiger partial charge in [-0.15, -0.1) is 22.7 Å². The van der Waals surface area contributed by atoms with Crippen molar-refractivity contribution < 1.29 is 14.7 Å². The van der Waals surface area contributed by atoms with E-state index >= 15 is 0 Å². The van der Waals surface area contributed by atoms with Gasteiger partial charge in [0, 0.05) is 5.38 Å². The van der Waals surface area contributed by atoms with Gasteiger partial charge in [0.15, 0.2) is 0 Å². The van der Waals surface area contributed by atoms with Crippen LogP contribution in [-0.2, 0) is 4.79 Å². The molecule has 5 nitrogen and oxygen atoms in total. The lowest BCUT2D eigenvalue weighted by atomic mass is 9.99. The van der Waals surface area contributed by atoms with Crippen LogP contribution < -0.4 is 5.32 Å². The summed E-state index contributed by atoms with van der Waals surface area (Å²) in [4.78, 5) is 28.6. The number of thiophene rings is 1. The van der Waals surface area contributed by atoms with Crippen LogP contribution in [0.5, 0.6) is 0 Å². The highest BCUT2D eigenvalue weighted by Gasteiger charge is 2.26. The minimum absolute atomic E-state index is 0.137. The first-order valence-electron chi connectivity index (χ1n) is 6.56. The third-order valence-electron chi connectivity index (χ3n) is 3.23. The third-order valence-corrected chi connectivity index (χ3v) is 5.12. The maximum absolute atomic E-state index is 12.1. The second kappa shape index (κ2) is 6.82. The number of carboxylic acid groups (broad SMARTS) is 1. The molecule has 21 heavy (non-hydrogen) atoms. The highest BCUT2D eigenvalue weighted by Crippen LogP contribution is 2.27. The van der Waals surface area contributed by atoms with Gasteiger partial charge in [0.1, 0.15) is 16.7 Å². The minimum Gasteiger partial charge on any atom is -0.480 e. The number of aromatic nitrogens is 1. The largest absolute Gasteiger partial charge is 0.480 e. The number of nitrogens with one attached hydrogen (secondary N) is 1. The van der Waals surface area contributed by atoms with Gasteiger partial charge in [0.25, 0.3) is 5.91 Å². The fourth-order valence-corrected chi connectivity index (χ4v) is 3.40. The fourth-order valence-electron chi connectivity index (χ4n) is 1.79. The number of hydrogen-bond donors (Lipinski definition) is 2. The molecule has 0 aliphatic heterocycles. The zero-order valence-corrected chi connectivity index (χ0v) is 13.3. The van der Waals surface area contributed by atoms with E-state index < -0.39 is 17.9 Å². The fraction of sp³-hybridized carbons (Fsp3) is 0.357. The summed E-state index contributed by atoms with van der Waals surface area (Å²) in [6.07, 6.45) is 0.675. The molecular formula is C14H16N2O3S2. The first kappa shape index (κ1) is 15.7. The number of aliphatic carboxylic acids is 1. The first-order valence-corrected chi connectivity index (χ1v) is 8.32. The highest BCUT2D eigenvalue weighted by molar-refractivity contribution is 7.20. The van der Waals surface area contributed by atoms with Crippen molar-refractivity contribution in [2.75, 3.05) is 0 Å². The maximum Gasteiger partial charge on any atom is 0.326 e. The van der Waals surface area contributed by atoms with Gasteiger partial charge in [-0.2, -0.15) is 0 Å². The van der Waals surface area contributed by atoms with Crippen LogP contribution in [0.15, 0.2) is 22.9 Å². The quantitative estimate of drug-likeness (QED) is 0.856. The van der Waals surface area contributed by atoms with E-state index in [1.165, 1.54) is 11.3 Å². The van der Waals surface area contributed by atoms with Crippen molar-refractivity contribution >= 4 is 34.6 Å². The average Bonchev–Trinajstić information content (AvgIpc) is 3.12. The molecule has 2 N–H and O–H groups in total. The molecule has 112 valence electrons. The van der Waals surface area contributed by atoms with E-state index in [1.54, 1.807) is 23.6 Å². The normalized spacial score (nSPS) is 13.6. The van der Waals surface area contributed by atoms with Crippen molar-refractivity contribution in [3.05, 3.63) is 28.6 Å². The summed E-state index contributed by atoms with van der Waals surface area (Å²) in [6.45, 7) is 3.70. The number of carbonyl (C=O) groups excluding carboxylic acids is 1. The van der Waals surface area contributed by atoms with Crippen molar-refractivity contribution in [2.45, 2.75) is 26.3 Å². The molecular weight excluding hydrogens is 308 g/mol. The van der Waals surface area contributed by atoms with E-state index in [2.05, 4.69) is 10.3 Å². The predicted molar refractivity (Wildman–Crippen MR) is 83.8 cm³/mol. The number of carbonyl (C=O) groups is 2. The molecule has 2 aromatic heterocycles. The number of rotatable bonds is 6. The SMILES string of the molecule is CCC(C)[C@H](NC(=O)c1csc(-c2cccs2)n1)C(=O)O. The molecule has 1 amide bonds. The van der Waals surface area contributed by atoms with Gasteiger partial charge in [0.05, 0.1) is 4.88 Å². The van der Waals surface area contributed by atoms with Crippen LogP contribution in [0.3, 0.4) is 0 Å². The molecule has 2 aromatic rings. The lowest BCUT2D eigenvalue weighted by molar-refractivity contribution is -0.140. The number of thiazole rings is 1. The Bertz CT molecular complexity index is 622. The molecule has 0 fully saturated rings. The van der Waals surface area contributed by atoms with Crippen LogP contribution in [0.4, 0.5) is 0 Å². The lowest BCUT2D eigenvalue weighted by Crippen LogP contribution is -2.45. The van der Waals surface area contributed by atoms with Crippen molar-refractivity contribution in [1.82, 2.24) is 10.3 Å². The molecule has 0 aromatic carbocycles. The standard InChI is InChI=1S/C14H16N2O3S2/c1-3-8(2)11(14(18)19)16-12(17)9-7-21-13(15-9)10-5-4-6-20-10/h4-8,11H,3H2,1-2H3,(H,16,17)(H,18,19)/t8?,11-/m0/s1. The Hall–Kier alpha value is -1.73. The number of hydrogen-bond acceptors (Lipinski definition) is 5. The van der Waals surface area contributed by atoms with Crippen LogP contribution in [0.1, 0.15) is 30.8 Å². The Morgan fingerprint density at radius 1 is 1.43 bits per heavy atom. The Balaban J connectivity index is 2.11. The van der Waals surface area contributed by atoms with Crippen molar-refractivity contribution in [3.63, 3.8) is 0 Å². The van der Waals surface area contributed by atoms with Gasteiger partial charge < -0.3 is 10.4 Å². The molecule has 0 aliphatic carbocycles. The second-order valence-electron chi connectivity index (χ2n) is 4.69. The third kappa shape index (κ3) is 3.68. The molecule has 0 aliphatic rings. The van der Waals surface area contributed by atoms with Gasteiger partial charge in [-0.1, -0.05) is 26.3 Å². The van der Waals surface area contributed by atoms with Crippen LogP contribution >= 0.6 is 22.7 Å². The zero-order valence-electron chi connectivity index (χ0n) is 11.7. The van der Waals surface area contributed by atoms with Gasteiger partial charge in [-0.05, 0) is 17.4 Å². The molecule has 7 heteroatoms. The van der Waals surface area contributed by atoms with Crippen LogP contribution in [-0.4, -0.2) is 28.0 Å². The minimum atomic E-state index is -1.02. The monoisotopic (exact) mass is 324 g/mol. The maximum atomic E-state index is 12.1. The summed E-state index contributed by atoms with van der Waals surface area (Å²) < 4.78 is 0. The predicted octanol–water partition coefficient (Wildman–Crippen LogP) is 3.10. The van der Waals surface area contributed by atoms with E-state index in [4.69, 9.17) is 0 Å². The summed E-state index contributed by atoms with van der Waals surface area (Å²) >= 11 is 2.93. The smallest absolute Gasteiger partial charge is 0.326 e. The van der Waals surface area contributed by atoms with Gasteiger partial charge in [0.2, 0.25) is 0 Å². The molecule has 1 unspecified atom stereocenters. The molecule has 0 bridgehead atoms. The summed E-state index contributed by atoms with van der Waals surface area (Å²) in [5.74, 6) is -1.60. The van der Waals surface area contributed by atoms with Crippen molar-refractivity contribution in [2.24, 2.45) is 5.92 Å². The average molecular weight is 324 g/mol. The van der Waals surface area contributed by atoms with Crippen LogP contribution in [0.25, 0.3) is 9.88 Å². The lowest BCUT2D eigenvalue weighted by Gasteiger charge is -2.19. The molecule has 0 saturated carbocycles. The van der Waals surface area contributed by atoms with Crippen LogP contribution in [0, 0.1) is 5.92 Å². The number of nitrogens with zero attached hydrogens (tertiary/aromatic N) is 1. The highest BCUT2D eigenvalue weighted by atomic mass is 32.1. The van der Waals surface area contributed by atoms with E-state index in [-0.39, 0.29) is 11.6 Å². The Kier molecular flexibility index (Phi) is 5.08. The van der Waals surface area contributed by atoms with Crippen LogP contribution in [0.2, 0.25) is 0 Å². The summed E-state index contributed by atoms with van der Waals surface area (Å²) in [5, 5.41) is 16.1. The van der Waals surface area contributed by atoms with Gasteiger partial charge in [-0.3, -0.25) is 4.79 Å². The molecule has 0 saturated heterocycles. The first-order chi connectivity index (χ1) is 10.0. The second-order valence-corrected chi connectivity index (χ2v) is 6.50. The van der Waals surface area contributed by atoms with Gasteiger partial charge >= 0.3 is 5.97 Å². The Morgan fingerprint density at radius 3 is 2.76 bits per heavy atom. The molecule has 2 rings (SSSR count). The summed E-state index contributed by atoms with van der Waals surface area (Å²) in [6, 6.07) is 2.96. The number of carboxylic acids is 1. The summed E-state index contributed by atoms with van der Waals surface area (Å²) in [5.41, 5.74) is 0.262. The van der Waals surface area contributed by atoms with Gasteiger partial charge in [-0.25, -0.2) is 9.78 Å².